The average molecular weight is 334 g/mol. The molecule has 5 nitrogen and oxygen atoms in total. The lowest BCUT2D eigenvalue weighted by Crippen LogP contribution is -2.41. The van der Waals surface area contributed by atoms with Gasteiger partial charge < -0.3 is 19.7 Å². The van der Waals surface area contributed by atoms with Gasteiger partial charge in [-0.25, -0.2) is 0 Å². The molecule has 0 radical (unpaired) electrons. The molecule has 0 atom stereocenters. The zero-order valence-corrected chi connectivity index (χ0v) is 15.7. The average Bonchev–Trinajstić information content (AvgIpc) is 2.76. The fourth-order valence-corrected chi connectivity index (χ4v) is 3.15. The Balaban J connectivity index is 1.87. The highest BCUT2D eigenvalue weighted by Gasteiger charge is 2.32. The highest BCUT2D eigenvalue weighted by Crippen LogP contribution is 2.41. The summed E-state index contributed by atoms with van der Waals surface area (Å²) in [5.74, 6) is 1.29. The molecule has 5 heteroatoms. The molecule has 0 aliphatic carbocycles. The van der Waals surface area contributed by atoms with Crippen LogP contribution in [0.2, 0.25) is 0 Å². The highest BCUT2D eigenvalue weighted by atomic mass is 16.5. The van der Waals surface area contributed by atoms with Crippen LogP contribution in [0.4, 0.5) is 0 Å². The zero-order chi connectivity index (χ0) is 18.0. The second kappa shape index (κ2) is 7.01. The normalized spacial score (nSPS) is 15.8. The van der Waals surface area contributed by atoms with Gasteiger partial charge >= 0.3 is 0 Å². The molecule has 0 saturated carbocycles. The quantitative estimate of drug-likeness (QED) is 0.832. The van der Waals surface area contributed by atoms with Crippen molar-refractivity contribution in [2.75, 3.05) is 33.8 Å². The maximum absolute atomic E-state index is 12.1. The van der Waals surface area contributed by atoms with E-state index in [1.54, 1.807) is 0 Å². The summed E-state index contributed by atoms with van der Waals surface area (Å²) in [6.07, 6.45) is 0.852. The van der Waals surface area contributed by atoms with Crippen LogP contribution in [0.1, 0.15) is 33.3 Å². The molecule has 0 aromatic heterocycles. The molecule has 134 valence electrons. The first-order chi connectivity index (χ1) is 11.1. The second-order valence-corrected chi connectivity index (χ2v) is 8.25. The Kier molecular flexibility index (Phi) is 5.43. The molecule has 24 heavy (non-hydrogen) atoms. The maximum Gasteiger partial charge on any atom is 0.257 e. The minimum atomic E-state index is -0.222. The van der Waals surface area contributed by atoms with Crippen molar-refractivity contribution in [3.63, 3.8) is 0 Å². The third kappa shape index (κ3) is 5.13. The van der Waals surface area contributed by atoms with E-state index in [1.807, 2.05) is 32.3 Å². The highest BCUT2D eigenvalue weighted by molar-refractivity contribution is 5.77. The SMILES string of the molecule is CN(C)CC(C)(C)CNC(=O)COc1cccc2c1OC(C)(C)C2. The van der Waals surface area contributed by atoms with Crippen molar-refractivity contribution in [2.24, 2.45) is 5.41 Å². The van der Waals surface area contributed by atoms with Gasteiger partial charge in [-0.3, -0.25) is 4.79 Å². The maximum atomic E-state index is 12.1. The number of fused-ring (bicyclic) bond motifs is 1. The number of rotatable bonds is 7. The Morgan fingerprint density at radius 3 is 2.75 bits per heavy atom. The molecule has 1 aliphatic rings. The summed E-state index contributed by atoms with van der Waals surface area (Å²) in [6, 6.07) is 5.83. The lowest BCUT2D eigenvalue weighted by atomic mass is 9.93. The molecule has 0 spiro atoms. The second-order valence-electron chi connectivity index (χ2n) is 8.25. The number of ether oxygens (including phenoxy) is 2. The number of nitrogens with zero attached hydrogens (tertiary/aromatic N) is 1. The number of para-hydroxylation sites is 1. The first-order valence-electron chi connectivity index (χ1n) is 8.43. The molecule has 0 saturated heterocycles. The van der Waals surface area contributed by atoms with E-state index in [0.717, 1.165) is 24.3 Å². The van der Waals surface area contributed by atoms with Crippen molar-refractivity contribution in [1.29, 1.82) is 0 Å². The number of amides is 1. The number of benzene rings is 1. The minimum absolute atomic E-state index is 0.00170. The van der Waals surface area contributed by atoms with Crippen LogP contribution >= 0.6 is 0 Å². The molecule has 0 unspecified atom stereocenters. The lowest BCUT2D eigenvalue weighted by Gasteiger charge is -2.28. The number of carbonyl (C=O) groups excluding carboxylic acids is 1. The van der Waals surface area contributed by atoms with Crippen LogP contribution < -0.4 is 14.8 Å². The van der Waals surface area contributed by atoms with E-state index in [2.05, 4.69) is 37.9 Å². The first-order valence-corrected chi connectivity index (χ1v) is 8.43. The van der Waals surface area contributed by atoms with E-state index >= 15 is 0 Å². The predicted molar refractivity (Wildman–Crippen MR) is 95.7 cm³/mol. The molecule has 1 heterocycles. The standard InChI is InChI=1S/C19H30N2O3/c1-18(2,13-21(5)6)12-20-16(22)11-23-15-9-7-8-14-10-19(3,4)24-17(14)15/h7-9H,10-13H2,1-6H3,(H,20,22). The topological polar surface area (TPSA) is 50.8 Å². The Hall–Kier alpha value is -1.75. The van der Waals surface area contributed by atoms with Gasteiger partial charge in [0.05, 0.1) is 0 Å². The van der Waals surface area contributed by atoms with Crippen molar-refractivity contribution in [3.05, 3.63) is 23.8 Å². The van der Waals surface area contributed by atoms with Crippen molar-refractivity contribution >= 4 is 5.91 Å². The van der Waals surface area contributed by atoms with Crippen LogP contribution in [-0.2, 0) is 11.2 Å². The van der Waals surface area contributed by atoms with E-state index in [0.29, 0.717) is 12.3 Å². The summed E-state index contributed by atoms with van der Waals surface area (Å²) < 4.78 is 11.7. The van der Waals surface area contributed by atoms with Crippen molar-refractivity contribution < 1.29 is 14.3 Å². The van der Waals surface area contributed by atoms with Gasteiger partial charge in [0.25, 0.3) is 5.91 Å². The summed E-state index contributed by atoms with van der Waals surface area (Å²) in [5.41, 5.74) is 0.922. The van der Waals surface area contributed by atoms with Gasteiger partial charge in [0.15, 0.2) is 18.1 Å². The summed E-state index contributed by atoms with van der Waals surface area (Å²) in [7, 11) is 4.06. The lowest BCUT2D eigenvalue weighted by molar-refractivity contribution is -0.123. The van der Waals surface area contributed by atoms with Gasteiger partial charge in [0, 0.05) is 25.1 Å². The van der Waals surface area contributed by atoms with Gasteiger partial charge in [0.1, 0.15) is 5.60 Å². The summed E-state index contributed by atoms with van der Waals surface area (Å²) >= 11 is 0. The van der Waals surface area contributed by atoms with Gasteiger partial charge in [0.2, 0.25) is 0 Å². The Morgan fingerprint density at radius 2 is 2.08 bits per heavy atom. The minimum Gasteiger partial charge on any atom is -0.483 e. The first kappa shape index (κ1) is 18.6. The molecule has 2 rings (SSSR count). The van der Waals surface area contributed by atoms with Crippen molar-refractivity contribution in [1.82, 2.24) is 10.2 Å². The largest absolute Gasteiger partial charge is 0.483 e. The molecule has 0 bridgehead atoms. The monoisotopic (exact) mass is 334 g/mol. The fourth-order valence-electron chi connectivity index (χ4n) is 3.15. The third-order valence-corrected chi connectivity index (χ3v) is 3.92. The summed E-state index contributed by atoms with van der Waals surface area (Å²) in [4.78, 5) is 14.2. The van der Waals surface area contributed by atoms with Gasteiger partial charge in [-0.2, -0.15) is 0 Å². The van der Waals surface area contributed by atoms with Crippen LogP contribution in [0, 0.1) is 5.41 Å². The number of hydrogen-bond acceptors (Lipinski definition) is 4. The molecule has 1 aromatic rings. The van der Waals surface area contributed by atoms with Crippen LogP contribution in [0.25, 0.3) is 0 Å². The van der Waals surface area contributed by atoms with E-state index in [1.165, 1.54) is 0 Å². The Bertz CT molecular complexity index is 594. The van der Waals surface area contributed by atoms with Crippen LogP contribution in [-0.4, -0.2) is 50.2 Å². The van der Waals surface area contributed by atoms with Gasteiger partial charge in [-0.15, -0.1) is 0 Å². The van der Waals surface area contributed by atoms with Gasteiger partial charge in [-0.1, -0.05) is 26.0 Å². The van der Waals surface area contributed by atoms with E-state index in [4.69, 9.17) is 9.47 Å². The zero-order valence-electron chi connectivity index (χ0n) is 15.7. The van der Waals surface area contributed by atoms with E-state index in [9.17, 15) is 4.79 Å². The van der Waals surface area contributed by atoms with Crippen molar-refractivity contribution in [3.8, 4) is 11.5 Å². The van der Waals surface area contributed by atoms with Gasteiger partial charge in [-0.05, 0) is 39.4 Å². The molecule has 1 N–H and O–H groups in total. The Labute approximate surface area is 145 Å². The molecule has 1 amide bonds. The Morgan fingerprint density at radius 1 is 1.38 bits per heavy atom. The number of nitrogens with one attached hydrogen (secondary N) is 1. The smallest absolute Gasteiger partial charge is 0.257 e. The molecular weight excluding hydrogens is 304 g/mol. The van der Waals surface area contributed by atoms with Crippen LogP contribution in [0.5, 0.6) is 11.5 Å². The molecule has 1 aromatic carbocycles. The molecule has 1 aliphatic heterocycles. The number of hydrogen-bond donors (Lipinski definition) is 1. The fraction of sp³-hybridized carbons (Fsp3) is 0.632. The van der Waals surface area contributed by atoms with Crippen LogP contribution in [0.3, 0.4) is 0 Å². The number of carbonyl (C=O) groups is 1. The van der Waals surface area contributed by atoms with E-state index in [-0.39, 0.29) is 23.5 Å². The molecular formula is C19H30N2O3. The van der Waals surface area contributed by atoms with E-state index < -0.39 is 0 Å². The summed E-state index contributed by atoms with van der Waals surface area (Å²) in [5, 5.41) is 2.95. The third-order valence-electron chi connectivity index (χ3n) is 3.92. The predicted octanol–water partition coefficient (Wildman–Crippen LogP) is 2.48. The van der Waals surface area contributed by atoms with Crippen molar-refractivity contribution in [2.45, 2.75) is 39.7 Å². The molecule has 0 fully saturated rings. The summed E-state index contributed by atoms with van der Waals surface area (Å²) in [6.45, 7) is 9.89. The van der Waals surface area contributed by atoms with Crippen LogP contribution in [0.15, 0.2) is 18.2 Å².